The molecule has 1 fully saturated rings. The number of ether oxygens (including phenoxy) is 1. The summed E-state index contributed by atoms with van der Waals surface area (Å²) in [6.07, 6.45) is 6.83. The minimum atomic E-state index is 0.481. The molecular weight excluding hydrogens is 228 g/mol. The topological polar surface area (TPSA) is 9.23 Å². The third-order valence-electron chi connectivity index (χ3n) is 3.47. The summed E-state index contributed by atoms with van der Waals surface area (Å²) in [5.74, 6) is 0. The third kappa shape index (κ3) is 2.95. The van der Waals surface area contributed by atoms with Gasteiger partial charge in [0.1, 0.15) is 0 Å². The first kappa shape index (κ1) is 11.5. The third-order valence-corrected chi connectivity index (χ3v) is 4.66. The molecule has 1 saturated heterocycles. The van der Waals surface area contributed by atoms with E-state index in [1.165, 1.54) is 32.1 Å². The van der Waals surface area contributed by atoms with Crippen LogP contribution in [0.1, 0.15) is 46.0 Å². The summed E-state index contributed by atoms with van der Waals surface area (Å²) in [7, 11) is 0. The van der Waals surface area contributed by atoms with Crippen molar-refractivity contribution in [2.45, 2.75) is 52.1 Å². The normalized spacial score (nSPS) is 23.8. The lowest BCUT2D eigenvalue weighted by Crippen LogP contribution is -2.26. The van der Waals surface area contributed by atoms with Crippen molar-refractivity contribution in [3.8, 4) is 0 Å². The number of alkyl halides is 1. The van der Waals surface area contributed by atoms with Crippen molar-refractivity contribution < 1.29 is 4.74 Å². The standard InChI is InChI=1S/C11H21BrO/c1-3-11(4-2,9-12)8-10-6-5-7-13-10/h10H,3-9H2,1-2H3. The van der Waals surface area contributed by atoms with Crippen molar-refractivity contribution in [1.82, 2.24) is 0 Å². The Hall–Kier alpha value is 0.440. The fourth-order valence-electron chi connectivity index (χ4n) is 2.07. The molecule has 1 nitrogen and oxygen atoms in total. The highest BCUT2D eigenvalue weighted by Gasteiger charge is 2.30. The van der Waals surface area contributed by atoms with Crippen LogP contribution >= 0.6 is 15.9 Å². The van der Waals surface area contributed by atoms with Crippen molar-refractivity contribution >= 4 is 15.9 Å². The van der Waals surface area contributed by atoms with Crippen molar-refractivity contribution in [2.75, 3.05) is 11.9 Å². The predicted molar refractivity (Wildman–Crippen MR) is 60.4 cm³/mol. The van der Waals surface area contributed by atoms with Crippen molar-refractivity contribution in [2.24, 2.45) is 5.41 Å². The Balaban J connectivity index is 2.44. The first-order chi connectivity index (χ1) is 6.26. The summed E-state index contributed by atoms with van der Waals surface area (Å²) in [4.78, 5) is 0. The number of hydrogen-bond donors (Lipinski definition) is 0. The van der Waals surface area contributed by atoms with Gasteiger partial charge in [-0.2, -0.15) is 0 Å². The molecule has 0 spiro atoms. The van der Waals surface area contributed by atoms with Crippen LogP contribution in [-0.4, -0.2) is 18.0 Å². The molecule has 0 aromatic rings. The molecule has 0 radical (unpaired) electrons. The average molecular weight is 249 g/mol. The lowest BCUT2D eigenvalue weighted by molar-refractivity contribution is 0.0652. The Morgan fingerprint density at radius 3 is 2.46 bits per heavy atom. The maximum absolute atomic E-state index is 5.69. The summed E-state index contributed by atoms with van der Waals surface area (Å²) in [6, 6.07) is 0. The second-order valence-corrected chi connectivity index (χ2v) is 4.74. The molecule has 1 unspecified atom stereocenters. The molecule has 0 N–H and O–H groups in total. The second-order valence-electron chi connectivity index (χ2n) is 4.18. The molecule has 1 aliphatic rings. The van der Waals surface area contributed by atoms with Gasteiger partial charge >= 0.3 is 0 Å². The molecule has 1 rings (SSSR count). The number of halogens is 1. The zero-order valence-electron chi connectivity index (χ0n) is 8.81. The molecule has 1 heterocycles. The second kappa shape index (κ2) is 5.35. The van der Waals surface area contributed by atoms with Gasteiger partial charge in [0, 0.05) is 11.9 Å². The summed E-state index contributed by atoms with van der Waals surface area (Å²) in [6.45, 7) is 5.57. The molecular formula is C11H21BrO. The first-order valence-electron chi connectivity index (χ1n) is 5.44. The van der Waals surface area contributed by atoms with E-state index in [1.807, 2.05) is 0 Å². The van der Waals surface area contributed by atoms with Crippen LogP contribution in [0, 0.1) is 5.41 Å². The highest BCUT2D eigenvalue weighted by Crippen LogP contribution is 2.36. The largest absolute Gasteiger partial charge is 0.378 e. The predicted octanol–water partition coefficient (Wildman–Crippen LogP) is 3.76. The molecule has 0 aromatic heterocycles. The molecule has 1 aliphatic heterocycles. The Kier molecular flexibility index (Phi) is 4.74. The van der Waals surface area contributed by atoms with Crippen LogP contribution in [0.5, 0.6) is 0 Å². The molecule has 1 atom stereocenters. The van der Waals surface area contributed by atoms with Gasteiger partial charge in [0.25, 0.3) is 0 Å². The van der Waals surface area contributed by atoms with Crippen molar-refractivity contribution in [1.29, 1.82) is 0 Å². The van der Waals surface area contributed by atoms with Gasteiger partial charge in [-0.05, 0) is 37.5 Å². The highest BCUT2D eigenvalue weighted by atomic mass is 79.9. The Morgan fingerprint density at radius 2 is 2.08 bits per heavy atom. The van der Waals surface area contributed by atoms with Crippen molar-refractivity contribution in [3.05, 3.63) is 0 Å². The van der Waals surface area contributed by atoms with Gasteiger partial charge in [0.05, 0.1) is 6.10 Å². The highest BCUT2D eigenvalue weighted by molar-refractivity contribution is 9.09. The van der Waals surface area contributed by atoms with E-state index in [0.29, 0.717) is 11.5 Å². The van der Waals surface area contributed by atoms with Crippen molar-refractivity contribution in [3.63, 3.8) is 0 Å². The maximum atomic E-state index is 5.69. The summed E-state index contributed by atoms with van der Waals surface area (Å²) in [5.41, 5.74) is 0.481. The van der Waals surface area contributed by atoms with E-state index in [2.05, 4.69) is 29.8 Å². The Morgan fingerprint density at radius 1 is 1.38 bits per heavy atom. The molecule has 78 valence electrons. The Labute approximate surface area is 90.4 Å². The molecule has 2 heteroatoms. The quantitative estimate of drug-likeness (QED) is 0.674. The van der Waals surface area contributed by atoms with Crippen LogP contribution < -0.4 is 0 Å². The number of hydrogen-bond acceptors (Lipinski definition) is 1. The Bertz CT molecular complexity index is 129. The van der Waals surface area contributed by atoms with Crippen LogP contribution in [0.25, 0.3) is 0 Å². The monoisotopic (exact) mass is 248 g/mol. The SMILES string of the molecule is CCC(CC)(CBr)CC1CCCO1. The molecule has 0 aromatic carbocycles. The molecule has 0 aliphatic carbocycles. The van der Waals surface area contributed by atoms with E-state index in [0.717, 1.165) is 11.9 Å². The first-order valence-corrected chi connectivity index (χ1v) is 6.56. The van der Waals surface area contributed by atoms with Gasteiger partial charge in [-0.1, -0.05) is 29.8 Å². The van der Waals surface area contributed by atoms with Gasteiger partial charge in [-0.25, -0.2) is 0 Å². The van der Waals surface area contributed by atoms with E-state index in [1.54, 1.807) is 0 Å². The van der Waals surface area contributed by atoms with Crippen LogP contribution in [0.4, 0.5) is 0 Å². The summed E-state index contributed by atoms with van der Waals surface area (Å²) in [5, 5.41) is 1.12. The molecule has 0 bridgehead atoms. The molecule has 0 saturated carbocycles. The molecule has 0 amide bonds. The maximum Gasteiger partial charge on any atom is 0.0581 e. The van der Waals surface area contributed by atoms with Gasteiger partial charge in [0.15, 0.2) is 0 Å². The summed E-state index contributed by atoms with van der Waals surface area (Å²) >= 11 is 3.65. The smallest absolute Gasteiger partial charge is 0.0581 e. The minimum Gasteiger partial charge on any atom is -0.378 e. The fraction of sp³-hybridized carbons (Fsp3) is 1.00. The lowest BCUT2D eigenvalue weighted by Gasteiger charge is -2.31. The zero-order chi connectivity index (χ0) is 9.73. The fourth-order valence-corrected chi connectivity index (χ4v) is 3.09. The van der Waals surface area contributed by atoms with Gasteiger partial charge in [-0.15, -0.1) is 0 Å². The van der Waals surface area contributed by atoms with E-state index in [-0.39, 0.29) is 0 Å². The van der Waals surface area contributed by atoms with E-state index in [4.69, 9.17) is 4.74 Å². The zero-order valence-corrected chi connectivity index (χ0v) is 10.4. The van der Waals surface area contributed by atoms with Gasteiger partial charge in [-0.3, -0.25) is 0 Å². The van der Waals surface area contributed by atoms with Crippen LogP contribution in [-0.2, 0) is 4.74 Å². The summed E-state index contributed by atoms with van der Waals surface area (Å²) < 4.78 is 5.69. The van der Waals surface area contributed by atoms with Gasteiger partial charge in [0.2, 0.25) is 0 Å². The van der Waals surface area contributed by atoms with Crippen LogP contribution in [0.2, 0.25) is 0 Å². The van der Waals surface area contributed by atoms with E-state index < -0.39 is 0 Å². The number of rotatable bonds is 5. The van der Waals surface area contributed by atoms with Crippen LogP contribution in [0.15, 0.2) is 0 Å². The lowest BCUT2D eigenvalue weighted by atomic mass is 9.79. The average Bonchev–Trinajstić information content (AvgIpc) is 2.67. The van der Waals surface area contributed by atoms with E-state index >= 15 is 0 Å². The van der Waals surface area contributed by atoms with Crippen LogP contribution in [0.3, 0.4) is 0 Å². The minimum absolute atomic E-state index is 0.481. The van der Waals surface area contributed by atoms with Gasteiger partial charge < -0.3 is 4.74 Å². The molecule has 13 heavy (non-hydrogen) atoms. The van der Waals surface area contributed by atoms with E-state index in [9.17, 15) is 0 Å².